The van der Waals surface area contributed by atoms with Gasteiger partial charge in [-0.3, -0.25) is 9.68 Å². The van der Waals surface area contributed by atoms with Crippen LogP contribution in [-0.2, 0) is 26.9 Å². The van der Waals surface area contributed by atoms with Crippen LogP contribution in [-0.4, -0.2) is 22.0 Å². The highest BCUT2D eigenvalue weighted by atomic mass is 17.1. The summed E-state index contributed by atoms with van der Waals surface area (Å²) < 4.78 is 0. The molecular weight excluding hydrogens is 496 g/mol. The minimum Gasteiger partial charge on any atom is -0.728 e. The predicted octanol–water partition coefficient (Wildman–Crippen LogP) is 8.14. The van der Waals surface area contributed by atoms with Crippen molar-refractivity contribution in [1.29, 1.82) is 0 Å². The van der Waals surface area contributed by atoms with Gasteiger partial charge in [-0.05, 0) is 66.2 Å². The number of aryl methyl sites for hydroxylation is 2. The topological polar surface area (TPSA) is 89.5 Å². The van der Waals surface area contributed by atoms with E-state index in [1.54, 1.807) is 41.5 Å². The first-order valence-electron chi connectivity index (χ1n) is 13.4. The summed E-state index contributed by atoms with van der Waals surface area (Å²) in [4.78, 5) is 22.5. The van der Waals surface area contributed by atoms with Crippen molar-refractivity contribution in [3.05, 3.63) is 68.1 Å². The average Bonchev–Trinajstić information content (AvgIpc) is 2.67. The molecule has 2 rings (SSSR count). The van der Waals surface area contributed by atoms with Crippen molar-refractivity contribution in [2.24, 2.45) is 0 Å². The zero-order chi connectivity index (χ0) is 30.1. The summed E-state index contributed by atoms with van der Waals surface area (Å²) in [6.45, 7) is 27.1. The van der Waals surface area contributed by atoms with Crippen LogP contribution in [0.25, 0.3) is 0 Å². The molecule has 0 atom stereocenters. The Bertz CT molecular complexity index is 1040. The van der Waals surface area contributed by atoms with Crippen molar-refractivity contribution >= 4 is 0 Å². The Kier molecular flexibility index (Phi) is 9.93. The molecule has 39 heavy (non-hydrogen) atoms. The highest BCUT2D eigenvalue weighted by molar-refractivity contribution is 5.54. The van der Waals surface area contributed by atoms with Gasteiger partial charge in [0, 0.05) is 28.7 Å². The van der Waals surface area contributed by atoms with E-state index in [4.69, 9.17) is 19.4 Å². The standard InChI is InChI=1S/C31H48N2O6/c1-20-15-22(26(24(17-20)28(3,4)5)36-32(34)38-30(9,10)11)19-23-16-21(2)18-25(29(6,7)8)27(23)37-33(35)39-31(12,13)14/h15-18H,19H2,1-14H3/q-2. The lowest BCUT2D eigenvalue weighted by molar-refractivity contribution is -0.328. The predicted molar refractivity (Wildman–Crippen MR) is 156 cm³/mol. The van der Waals surface area contributed by atoms with Gasteiger partial charge in [-0.2, -0.15) is 0 Å². The van der Waals surface area contributed by atoms with Crippen LogP contribution < -0.4 is 9.68 Å². The average molecular weight is 545 g/mol. The molecular formula is C31H48N2O6-2. The third kappa shape index (κ3) is 10.0. The zero-order valence-electron chi connectivity index (χ0n) is 26.4. The molecule has 0 amide bonds. The van der Waals surface area contributed by atoms with Crippen LogP contribution in [0.1, 0.15) is 116 Å². The summed E-state index contributed by atoms with van der Waals surface area (Å²) in [5, 5.41) is 25.9. The summed E-state index contributed by atoms with van der Waals surface area (Å²) in [5.74, 6) is 0.837. The summed E-state index contributed by atoms with van der Waals surface area (Å²) in [6.07, 6.45) is 0.340. The van der Waals surface area contributed by atoms with Crippen LogP contribution in [0.4, 0.5) is 0 Å². The van der Waals surface area contributed by atoms with E-state index < -0.39 is 11.2 Å². The summed E-state index contributed by atoms with van der Waals surface area (Å²) in [5.41, 5.74) is 3.17. The zero-order valence-corrected chi connectivity index (χ0v) is 26.4. The van der Waals surface area contributed by atoms with Crippen molar-refractivity contribution in [2.45, 2.75) is 125 Å². The molecule has 8 heteroatoms. The van der Waals surface area contributed by atoms with E-state index in [-0.39, 0.29) is 21.6 Å². The van der Waals surface area contributed by atoms with Gasteiger partial charge in [0.1, 0.15) is 0 Å². The van der Waals surface area contributed by atoms with Crippen molar-refractivity contribution in [3.63, 3.8) is 0 Å². The van der Waals surface area contributed by atoms with Crippen molar-refractivity contribution in [1.82, 2.24) is 10.8 Å². The summed E-state index contributed by atoms with van der Waals surface area (Å²) in [6, 6.07) is 8.01. The number of hydrogen-bond acceptors (Lipinski definition) is 8. The Morgan fingerprint density at radius 2 is 0.872 bits per heavy atom. The molecule has 0 fully saturated rings. The molecule has 0 heterocycles. The van der Waals surface area contributed by atoms with Gasteiger partial charge in [0.15, 0.2) is 11.5 Å². The molecule has 0 N–H and O–H groups in total. The molecule has 0 radical (unpaired) electrons. The minimum absolute atomic E-state index is 0.175. The van der Waals surface area contributed by atoms with Gasteiger partial charge in [-0.15, -0.1) is 0 Å². The molecule has 0 bridgehead atoms. The van der Waals surface area contributed by atoms with Gasteiger partial charge in [0.25, 0.3) is 0 Å². The van der Waals surface area contributed by atoms with E-state index in [1.807, 2.05) is 38.1 Å². The molecule has 0 saturated heterocycles. The maximum absolute atomic E-state index is 12.8. The van der Waals surface area contributed by atoms with Crippen LogP contribution in [0.2, 0.25) is 0 Å². The molecule has 0 aliphatic carbocycles. The van der Waals surface area contributed by atoms with E-state index in [2.05, 4.69) is 41.5 Å². The second kappa shape index (κ2) is 11.7. The van der Waals surface area contributed by atoms with Crippen LogP contribution in [0.3, 0.4) is 0 Å². The van der Waals surface area contributed by atoms with Crippen molar-refractivity contribution in [3.8, 4) is 11.5 Å². The molecule has 0 aliphatic heterocycles. The summed E-state index contributed by atoms with van der Waals surface area (Å²) >= 11 is 0. The Balaban J connectivity index is 2.73. The van der Waals surface area contributed by atoms with Crippen molar-refractivity contribution < 1.29 is 19.4 Å². The second-order valence-electron chi connectivity index (χ2n) is 14.3. The molecule has 0 aromatic heterocycles. The highest BCUT2D eigenvalue weighted by Crippen LogP contribution is 2.41. The Hall–Kier alpha value is -2.20. The van der Waals surface area contributed by atoms with Crippen LogP contribution in [0.5, 0.6) is 11.5 Å². The van der Waals surface area contributed by atoms with Gasteiger partial charge >= 0.3 is 0 Å². The Morgan fingerprint density at radius 1 is 0.564 bits per heavy atom. The van der Waals surface area contributed by atoms with Gasteiger partial charge in [-0.25, -0.2) is 0 Å². The van der Waals surface area contributed by atoms with Crippen molar-refractivity contribution in [2.75, 3.05) is 0 Å². The van der Waals surface area contributed by atoms with E-state index in [0.29, 0.717) is 17.9 Å². The lowest BCUT2D eigenvalue weighted by atomic mass is 9.81. The fourth-order valence-electron chi connectivity index (χ4n) is 4.13. The van der Waals surface area contributed by atoms with Crippen LogP contribution in [0.15, 0.2) is 24.3 Å². The molecule has 0 aliphatic rings. The van der Waals surface area contributed by atoms with Crippen LogP contribution in [0, 0.1) is 24.3 Å². The quantitative estimate of drug-likeness (QED) is 0.308. The number of hydrogen-bond donors (Lipinski definition) is 0. The van der Waals surface area contributed by atoms with Gasteiger partial charge < -0.3 is 20.1 Å². The molecule has 0 unspecified atom stereocenters. The molecule has 8 nitrogen and oxygen atoms in total. The monoisotopic (exact) mass is 544 g/mol. The van der Waals surface area contributed by atoms with Crippen LogP contribution >= 0.6 is 0 Å². The maximum atomic E-state index is 12.8. The molecule has 2 aromatic carbocycles. The van der Waals surface area contributed by atoms with E-state index in [9.17, 15) is 10.4 Å². The molecule has 0 spiro atoms. The normalized spacial score (nSPS) is 13.4. The maximum Gasteiger partial charge on any atom is 0.156 e. The van der Waals surface area contributed by atoms with E-state index >= 15 is 0 Å². The lowest BCUT2D eigenvalue weighted by Crippen LogP contribution is -2.33. The first-order valence-corrected chi connectivity index (χ1v) is 13.4. The first kappa shape index (κ1) is 33.0. The molecule has 220 valence electrons. The first-order chi connectivity index (χ1) is 17.5. The summed E-state index contributed by atoms with van der Waals surface area (Å²) in [7, 11) is 0. The highest BCUT2D eigenvalue weighted by Gasteiger charge is 2.28. The van der Waals surface area contributed by atoms with E-state index in [1.165, 1.54) is 0 Å². The fourth-order valence-corrected chi connectivity index (χ4v) is 4.13. The molecule has 0 saturated carbocycles. The number of nitrogens with zero attached hydrogens (tertiary/aromatic N) is 2. The third-order valence-electron chi connectivity index (χ3n) is 5.65. The second-order valence-corrected chi connectivity index (χ2v) is 14.3. The number of benzene rings is 2. The molecule has 2 aromatic rings. The smallest absolute Gasteiger partial charge is 0.156 e. The Morgan fingerprint density at radius 3 is 1.13 bits per heavy atom. The fraction of sp³-hybridized carbons (Fsp3) is 0.613. The largest absolute Gasteiger partial charge is 0.728 e. The van der Waals surface area contributed by atoms with Gasteiger partial charge in [0.05, 0.1) is 11.2 Å². The number of rotatable bonds is 8. The minimum atomic E-state index is -0.738. The lowest BCUT2D eigenvalue weighted by Gasteiger charge is -2.36. The van der Waals surface area contributed by atoms with Gasteiger partial charge in [0.2, 0.25) is 0 Å². The Labute approximate surface area is 235 Å². The third-order valence-corrected chi connectivity index (χ3v) is 5.65. The van der Waals surface area contributed by atoms with Gasteiger partial charge in [-0.1, -0.05) is 87.7 Å². The van der Waals surface area contributed by atoms with E-state index in [0.717, 1.165) is 33.4 Å². The SMILES string of the molecule is Cc1cc(Cc2cc(C)cc(C(C)(C)C)c2ON([O-])OC(C)(C)C)c(ON([O-])OC(C)(C)C)c(C(C)(C)C)c1.